The predicted molar refractivity (Wildman–Crippen MR) is 123 cm³/mol. The van der Waals surface area contributed by atoms with Crippen molar-refractivity contribution >= 4 is 5.71 Å². The minimum Gasteiger partial charge on any atom is -0.493 e. The van der Waals surface area contributed by atoms with Gasteiger partial charge in [-0.3, -0.25) is 0 Å². The molecule has 0 spiro atoms. The largest absolute Gasteiger partial charge is 0.493 e. The zero-order chi connectivity index (χ0) is 22.1. The first-order valence-corrected chi connectivity index (χ1v) is 10.8. The highest BCUT2D eigenvalue weighted by Gasteiger charge is 2.41. The Kier molecular flexibility index (Phi) is 5.35. The number of benzene rings is 3. The van der Waals surface area contributed by atoms with Gasteiger partial charge in [0.05, 0.1) is 38.1 Å². The Morgan fingerprint density at radius 1 is 0.906 bits per heavy atom. The maximum atomic E-state index is 6.48. The molecule has 32 heavy (non-hydrogen) atoms. The van der Waals surface area contributed by atoms with Crippen LogP contribution in [0.3, 0.4) is 0 Å². The van der Waals surface area contributed by atoms with Crippen molar-refractivity contribution in [3.05, 3.63) is 83.4 Å². The van der Waals surface area contributed by atoms with Gasteiger partial charge in [0.15, 0.2) is 11.5 Å². The third kappa shape index (κ3) is 3.42. The normalized spacial score (nSPS) is 18.8. The van der Waals surface area contributed by atoms with Gasteiger partial charge in [-0.05, 0) is 43.3 Å². The molecule has 3 aromatic rings. The van der Waals surface area contributed by atoms with Crippen molar-refractivity contribution < 1.29 is 18.9 Å². The average Bonchev–Trinajstić information content (AvgIpc) is 3.29. The Hall–Kier alpha value is -3.67. The van der Waals surface area contributed by atoms with Crippen molar-refractivity contribution in [1.29, 1.82) is 0 Å². The van der Waals surface area contributed by atoms with E-state index in [1.807, 2.05) is 67.6 Å². The summed E-state index contributed by atoms with van der Waals surface area (Å²) in [6.07, 6.45) is 0.388. The zero-order valence-electron chi connectivity index (χ0n) is 18.4. The molecule has 0 amide bonds. The Morgan fingerprint density at radius 3 is 2.44 bits per heavy atom. The molecule has 2 atom stereocenters. The topological polar surface area (TPSA) is 52.5 Å². The van der Waals surface area contributed by atoms with Crippen molar-refractivity contribution in [1.82, 2.24) is 5.01 Å². The van der Waals surface area contributed by atoms with Gasteiger partial charge in [-0.25, -0.2) is 5.01 Å². The van der Waals surface area contributed by atoms with Gasteiger partial charge in [-0.15, -0.1) is 0 Å². The molecule has 0 N–H and O–H groups in total. The van der Waals surface area contributed by atoms with Crippen LogP contribution >= 0.6 is 0 Å². The van der Waals surface area contributed by atoms with Crippen molar-refractivity contribution in [2.75, 3.05) is 20.8 Å². The Balaban J connectivity index is 1.58. The summed E-state index contributed by atoms with van der Waals surface area (Å²) in [6, 6.07) is 22.2. The van der Waals surface area contributed by atoms with Crippen LogP contribution in [-0.4, -0.2) is 31.5 Å². The molecule has 3 aromatic carbocycles. The van der Waals surface area contributed by atoms with Gasteiger partial charge in [0.2, 0.25) is 6.23 Å². The lowest BCUT2D eigenvalue weighted by Crippen LogP contribution is -2.34. The molecule has 0 radical (unpaired) electrons. The van der Waals surface area contributed by atoms with Gasteiger partial charge >= 0.3 is 0 Å². The van der Waals surface area contributed by atoms with Gasteiger partial charge in [0, 0.05) is 17.5 Å². The molecule has 2 aliphatic rings. The minimum absolute atomic E-state index is 0.0720. The first-order valence-electron chi connectivity index (χ1n) is 10.8. The van der Waals surface area contributed by atoms with Crippen LogP contribution in [0, 0.1) is 0 Å². The summed E-state index contributed by atoms with van der Waals surface area (Å²) in [6.45, 7) is 2.57. The summed E-state index contributed by atoms with van der Waals surface area (Å²) in [5, 5.41) is 7.10. The number of nitrogens with zero attached hydrogens (tertiary/aromatic N) is 2. The standard InChI is InChI=1S/C26H26N2O4/c1-4-31-22-11-7-6-10-19(22)26-28-21(18-9-5-8-12-23(18)32-26)16-20(27-28)17-13-14-24(29-2)25(15-17)30-3/h5-15,21,26H,4,16H2,1-3H3. The number of hydrazone groups is 1. The van der Waals surface area contributed by atoms with Crippen molar-refractivity contribution in [2.24, 2.45) is 5.10 Å². The number of hydrogen-bond donors (Lipinski definition) is 0. The summed E-state index contributed by atoms with van der Waals surface area (Å²) in [5.74, 6) is 3.08. The molecule has 0 aliphatic carbocycles. The molecule has 6 nitrogen and oxygen atoms in total. The molecule has 6 heteroatoms. The van der Waals surface area contributed by atoms with Crippen molar-refractivity contribution in [2.45, 2.75) is 25.6 Å². The second-order valence-corrected chi connectivity index (χ2v) is 7.70. The Morgan fingerprint density at radius 2 is 1.66 bits per heavy atom. The lowest BCUT2D eigenvalue weighted by molar-refractivity contribution is -0.0205. The monoisotopic (exact) mass is 430 g/mol. The van der Waals surface area contributed by atoms with Crippen LogP contribution < -0.4 is 18.9 Å². The Bertz CT molecular complexity index is 1160. The van der Waals surface area contributed by atoms with Crippen LogP contribution in [0.2, 0.25) is 0 Å². The number of methoxy groups -OCH3 is 2. The van der Waals surface area contributed by atoms with Crippen LogP contribution in [0.4, 0.5) is 0 Å². The second kappa shape index (κ2) is 8.46. The fourth-order valence-electron chi connectivity index (χ4n) is 4.40. The summed E-state index contributed by atoms with van der Waals surface area (Å²) >= 11 is 0. The van der Waals surface area contributed by atoms with Gasteiger partial charge in [0.1, 0.15) is 11.5 Å². The quantitative estimate of drug-likeness (QED) is 0.528. The molecular formula is C26H26N2O4. The van der Waals surface area contributed by atoms with Gasteiger partial charge in [0.25, 0.3) is 0 Å². The molecule has 0 saturated heterocycles. The summed E-state index contributed by atoms with van der Waals surface area (Å²) in [7, 11) is 3.28. The maximum Gasteiger partial charge on any atom is 0.217 e. The number of fused-ring (bicyclic) bond motifs is 3. The zero-order valence-corrected chi connectivity index (χ0v) is 18.4. The van der Waals surface area contributed by atoms with E-state index in [-0.39, 0.29) is 12.3 Å². The third-order valence-corrected chi connectivity index (χ3v) is 5.90. The lowest BCUT2D eigenvalue weighted by Gasteiger charge is -2.38. The van der Waals surface area contributed by atoms with Crippen LogP contribution in [0.15, 0.2) is 71.8 Å². The number of ether oxygens (including phenoxy) is 4. The van der Waals surface area contributed by atoms with Crippen LogP contribution in [0.5, 0.6) is 23.0 Å². The van der Waals surface area contributed by atoms with E-state index in [9.17, 15) is 0 Å². The highest BCUT2D eigenvalue weighted by atomic mass is 16.5. The van der Waals surface area contributed by atoms with E-state index < -0.39 is 0 Å². The van der Waals surface area contributed by atoms with Crippen LogP contribution in [0.25, 0.3) is 0 Å². The molecule has 164 valence electrons. The van der Waals surface area contributed by atoms with Crippen molar-refractivity contribution in [3.63, 3.8) is 0 Å². The van der Waals surface area contributed by atoms with E-state index in [1.165, 1.54) is 0 Å². The molecule has 2 aliphatic heterocycles. The molecule has 0 bridgehead atoms. The van der Waals surface area contributed by atoms with Gasteiger partial charge in [-0.2, -0.15) is 5.10 Å². The molecule has 0 saturated carbocycles. The summed E-state index contributed by atoms with van der Waals surface area (Å²) in [4.78, 5) is 0. The lowest BCUT2D eigenvalue weighted by atomic mass is 9.95. The maximum absolute atomic E-state index is 6.48. The molecule has 5 rings (SSSR count). The van der Waals surface area contributed by atoms with Gasteiger partial charge < -0.3 is 18.9 Å². The first-order chi connectivity index (χ1) is 15.7. The molecule has 2 heterocycles. The number of hydrogen-bond acceptors (Lipinski definition) is 6. The number of rotatable bonds is 6. The molecule has 2 unspecified atom stereocenters. The fourth-order valence-corrected chi connectivity index (χ4v) is 4.40. The third-order valence-electron chi connectivity index (χ3n) is 5.90. The average molecular weight is 431 g/mol. The molecular weight excluding hydrogens is 404 g/mol. The van der Waals surface area contributed by atoms with E-state index >= 15 is 0 Å². The fraction of sp³-hybridized carbons (Fsp3) is 0.269. The molecule has 0 fully saturated rings. The summed E-state index contributed by atoms with van der Waals surface area (Å²) in [5.41, 5.74) is 4.09. The van der Waals surface area contributed by atoms with E-state index in [4.69, 9.17) is 24.0 Å². The van der Waals surface area contributed by atoms with E-state index in [1.54, 1.807) is 14.2 Å². The van der Waals surface area contributed by atoms with Gasteiger partial charge in [-0.1, -0.05) is 30.3 Å². The first kappa shape index (κ1) is 20.2. The van der Waals surface area contributed by atoms with Crippen molar-refractivity contribution in [3.8, 4) is 23.0 Å². The van der Waals surface area contributed by atoms with E-state index in [0.717, 1.165) is 40.3 Å². The highest BCUT2D eigenvalue weighted by Crippen LogP contribution is 2.49. The van der Waals surface area contributed by atoms with E-state index in [2.05, 4.69) is 11.1 Å². The minimum atomic E-state index is -0.379. The molecule has 0 aromatic heterocycles. The highest BCUT2D eigenvalue weighted by molar-refractivity contribution is 6.02. The SMILES string of the molecule is CCOc1ccccc1C1Oc2ccccc2C2CC(c3ccc(OC)c(OC)c3)=NN21. The Labute approximate surface area is 188 Å². The van der Waals surface area contributed by atoms with Crippen LogP contribution in [0.1, 0.15) is 42.3 Å². The smallest absolute Gasteiger partial charge is 0.217 e. The predicted octanol–water partition coefficient (Wildman–Crippen LogP) is 5.34. The summed E-state index contributed by atoms with van der Waals surface area (Å²) < 4.78 is 23.3. The number of para-hydroxylation sites is 2. The van der Waals surface area contributed by atoms with E-state index in [0.29, 0.717) is 18.1 Å². The van der Waals surface area contributed by atoms with Crippen LogP contribution in [-0.2, 0) is 0 Å². The second-order valence-electron chi connectivity index (χ2n) is 7.70.